The van der Waals surface area contributed by atoms with E-state index < -0.39 is 6.04 Å². The second-order valence-electron chi connectivity index (χ2n) is 8.09. The van der Waals surface area contributed by atoms with E-state index in [1.54, 1.807) is 37.3 Å². The lowest BCUT2D eigenvalue weighted by molar-refractivity contribution is -0.137. The first kappa shape index (κ1) is 17.8. The Morgan fingerprint density at radius 2 is 1.90 bits per heavy atom. The van der Waals surface area contributed by atoms with Crippen molar-refractivity contribution in [2.75, 3.05) is 13.1 Å². The maximum atomic E-state index is 13.3. The van der Waals surface area contributed by atoms with Gasteiger partial charge in [0.2, 0.25) is 5.91 Å². The van der Waals surface area contributed by atoms with Crippen LogP contribution in [-0.4, -0.2) is 38.0 Å². The fourth-order valence-electron chi connectivity index (χ4n) is 4.82. The molecule has 0 N–H and O–H groups in total. The highest BCUT2D eigenvalue weighted by molar-refractivity contribution is 5.81. The van der Waals surface area contributed by atoms with Gasteiger partial charge in [0.25, 0.3) is 11.1 Å². The number of piperidine rings is 1. The number of fused-ring (bicyclic) bond motifs is 5. The molecule has 2 aromatic heterocycles. The fourth-order valence-corrected chi connectivity index (χ4v) is 4.82. The monoisotopic (exact) mass is 390 g/mol. The van der Waals surface area contributed by atoms with Gasteiger partial charge in [-0.1, -0.05) is 18.2 Å². The zero-order valence-corrected chi connectivity index (χ0v) is 16.2. The van der Waals surface area contributed by atoms with Crippen molar-refractivity contribution in [2.24, 2.45) is 5.92 Å². The van der Waals surface area contributed by atoms with E-state index in [1.807, 2.05) is 21.6 Å². The molecule has 1 aromatic carbocycles. The van der Waals surface area contributed by atoms with Crippen LogP contribution in [-0.2, 0) is 11.3 Å². The standard InChI is InChI=1S/C22H22N4O3/c1-14(26-13-23-18-6-3-2-5-17(18)22(26)29)21(28)24-10-15-9-16(12-24)19-7-4-8-20(27)25(19)11-15/h2-8,13-16H,9-12H2,1H3/t14-,15?,16?/m1/s1. The Kier molecular flexibility index (Phi) is 4.12. The number of amides is 1. The Balaban J connectivity index is 1.44. The summed E-state index contributed by atoms with van der Waals surface area (Å²) < 4.78 is 3.27. The smallest absolute Gasteiger partial charge is 0.261 e. The van der Waals surface area contributed by atoms with Crippen molar-refractivity contribution in [1.29, 1.82) is 0 Å². The van der Waals surface area contributed by atoms with E-state index in [9.17, 15) is 14.4 Å². The summed E-state index contributed by atoms with van der Waals surface area (Å²) in [6.45, 7) is 3.57. The van der Waals surface area contributed by atoms with Crippen LogP contribution < -0.4 is 11.1 Å². The van der Waals surface area contributed by atoms with Crippen LogP contribution in [0.3, 0.4) is 0 Å². The number of carbonyl (C=O) groups excluding carboxylic acids is 1. The highest BCUT2D eigenvalue weighted by atomic mass is 16.2. The molecule has 4 heterocycles. The molecule has 0 aliphatic carbocycles. The van der Waals surface area contributed by atoms with E-state index in [1.165, 1.54) is 10.9 Å². The van der Waals surface area contributed by atoms with E-state index in [-0.39, 0.29) is 28.9 Å². The summed E-state index contributed by atoms with van der Waals surface area (Å²) in [4.78, 5) is 44.5. The number of likely N-dealkylation sites (tertiary alicyclic amines) is 1. The molecule has 2 aliphatic heterocycles. The zero-order chi connectivity index (χ0) is 20.1. The van der Waals surface area contributed by atoms with Crippen molar-refractivity contribution < 1.29 is 4.79 Å². The van der Waals surface area contributed by atoms with Gasteiger partial charge in [0.05, 0.1) is 17.2 Å². The van der Waals surface area contributed by atoms with Crippen LogP contribution in [0.4, 0.5) is 0 Å². The normalized spacial score (nSPS) is 21.6. The summed E-state index contributed by atoms with van der Waals surface area (Å²) in [5.41, 5.74) is 1.45. The highest BCUT2D eigenvalue weighted by Gasteiger charge is 2.37. The minimum Gasteiger partial charge on any atom is -0.340 e. The van der Waals surface area contributed by atoms with E-state index in [0.717, 1.165) is 12.1 Å². The number of carbonyl (C=O) groups is 1. The summed E-state index contributed by atoms with van der Waals surface area (Å²) in [5, 5.41) is 0.512. The first-order valence-electron chi connectivity index (χ1n) is 9.97. The van der Waals surface area contributed by atoms with Gasteiger partial charge in [-0.15, -0.1) is 0 Å². The van der Waals surface area contributed by atoms with Crippen molar-refractivity contribution in [3.8, 4) is 0 Å². The Hall–Kier alpha value is -3.22. The van der Waals surface area contributed by atoms with E-state index in [4.69, 9.17) is 0 Å². The van der Waals surface area contributed by atoms with Crippen LogP contribution in [0.1, 0.15) is 31.0 Å². The third-order valence-electron chi connectivity index (χ3n) is 6.26. The molecule has 3 aromatic rings. The Morgan fingerprint density at radius 3 is 2.76 bits per heavy atom. The molecule has 1 fully saturated rings. The average Bonchev–Trinajstić information content (AvgIpc) is 2.74. The molecule has 148 valence electrons. The van der Waals surface area contributed by atoms with Crippen LogP contribution in [0.2, 0.25) is 0 Å². The SMILES string of the molecule is C[C@H](C(=O)N1CC2CC(C1)c1cccc(=O)n1C2)n1cnc2ccccc2c1=O. The summed E-state index contributed by atoms with van der Waals surface area (Å²) in [7, 11) is 0. The number of rotatable bonds is 2. The molecule has 2 bridgehead atoms. The molecule has 3 atom stereocenters. The maximum absolute atomic E-state index is 13.3. The van der Waals surface area contributed by atoms with Gasteiger partial charge in [0.15, 0.2) is 0 Å². The molecule has 7 nitrogen and oxygen atoms in total. The van der Waals surface area contributed by atoms with Crippen molar-refractivity contribution in [2.45, 2.75) is 31.8 Å². The molecular formula is C22H22N4O3. The summed E-state index contributed by atoms with van der Waals surface area (Å²) in [6, 6.07) is 11.9. The molecule has 2 unspecified atom stereocenters. The summed E-state index contributed by atoms with van der Waals surface area (Å²) >= 11 is 0. The third-order valence-corrected chi connectivity index (χ3v) is 6.26. The number of hydrogen-bond acceptors (Lipinski definition) is 4. The third kappa shape index (κ3) is 2.88. The lowest BCUT2D eigenvalue weighted by atomic mass is 9.83. The van der Waals surface area contributed by atoms with Crippen LogP contribution in [0.5, 0.6) is 0 Å². The maximum Gasteiger partial charge on any atom is 0.261 e. The molecule has 0 radical (unpaired) electrons. The molecule has 0 saturated carbocycles. The minimum absolute atomic E-state index is 0.0270. The molecule has 1 saturated heterocycles. The van der Waals surface area contributed by atoms with Crippen LogP contribution >= 0.6 is 0 Å². The zero-order valence-electron chi connectivity index (χ0n) is 16.2. The second kappa shape index (κ2) is 6.69. The molecule has 5 rings (SSSR count). The lowest BCUT2D eigenvalue weighted by Crippen LogP contribution is -2.51. The van der Waals surface area contributed by atoms with E-state index in [2.05, 4.69) is 4.98 Å². The van der Waals surface area contributed by atoms with Gasteiger partial charge in [0.1, 0.15) is 6.04 Å². The lowest BCUT2D eigenvalue weighted by Gasteiger charge is -2.43. The average molecular weight is 390 g/mol. The Morgan fingerprint density at radius 1 is 1.07 bits per heavy atom. The molecular weight excluding hydrogens is 368 g/mol. The van der Waals surface area contributed by atoms with E-state index in [0.29, 0.717) is 30.5 Å². The second-order valence-corrected chi connectivity index (χ2v) is 8.09. The van der Waals surface area contributed by atoms with Gasteiger partial charge >= 0.3 is 0 Å². The van der Waals surface area contributed by atoms with Crippen molar-refractivity contribution >= 4 is 16.8 Å². The first-order chi connectivity index (χ1) is 14.0. The van der Waals surface area contributed by atoms with Gasteiger partial charge in [-0.05, 0) is 37.5 Å². The number of aromatic nitrogens is 3. The Bertz CT molecular complexity index is 1230. The molecule has 1 amide bonds. The highest BCUT2D eigenvalue weighted by Crippen LogP contribution is 2.35. The van der Waals surface area contributed by atoms with E-state index >= 15 is 0 Å². The fraction of sp³-hybridized carbons (Fsp3) is 0.364. The summed E-state index contributed by atoms with van der Waals surface area (Å²) in [6.07, 6.45) is 2.45. The van der Waals surface area contributed by atoms with Crippen molar-refractivity contribution in [3.63, 3.8) is 0 Å². The van der Waals surface area contributed by atoms with Crippen molar-refractivity contribution in [1.82, 2.24) is 19.0 Å². The largest absolute Gasteiger partial charge is 0.340 e. The molecule has 2 aliphatic rings. The van der Waals surface area contributed by atoms with Gasteiger partial charge < -0.3 is 9.47 Å². The quantitative estimate of drug-likeness (QED) is 0.668. The van der Waals surface area contributed by atoms with Gasteiger partial charge in [-0.25, -0.2) is 4.98 Å². The van der Waals surface area contributed by atoms with Crippen LogP contribution in [0.25, 0.3) is 10.9 Å². The molecule has 7 heteroatoms. The summed E-state index contributed by atoms with van der Waals surface area (Å²) in [5.74, 6) is 0.327. The number of pyridine rings is 1. The van der Waals surface area contributed by atoms with Crippen LogP contribution in [0, 0.1) is 5.92 Å². The minimum atomic E-state index is -0.628. The number of para-hydroxylation sites is 1. The number of benzene rings is 1. The van der Waals surface area contributed by atoms with Crippen LogP contribution in [0.15, 0.2) is 58.4 Å². The van der Waals surface area contributed by atoms with Gasteiger partial charge in [-0.3, -0.25) is 19.0 Å². The number of nitrogens with zero attached hydrogens (tertiary/aromatic N) is 4. The first-order valence-corrected chi connectivity index (χ1v) is 9.97. The topological polar surface area (TPSA) is 77.2 Å². The predicted octanol–water partition coefficient (Wildman–Crippen LogP) is 1.77. The predicted molar refractivity (Wildman–Crippen MR) is 109 cm³/mol. The van der Waals surface area contributed by atoms with Crippen molar-refractivity contribution in [3.05, 3.63) is 75.2 Å². The van der Waals surface area contributed by atoms with Gasteiger partial charge in [0, 0.05) is 37.3 Å². The molecule has 0 spiro atoms. The number of hydrogen-bond donors (Lipinski definition) is 0. The van der Waals surface area contributed by atoms with Gasteiger partial charge in [-0.2, -0.15) is 0 Å². The Labute approximate surface area is 167 Å². The molecule has 29 heavy (non-hydrogen) atoms.